The molecule has 4 heteroatoms. The van der Waals surface area contributed by atoms with E-state index in [4.69, 9.17) is 4.74 Å². The van der Waals surface area contributed by atoms with Crippen LogP contribution in [-0.4, -0.2) is 30.0 Å². The number of benzene rings is 2. The largest absolute Gasteiger partial charge is 0.449 e. The fourth-order valence-electron chi connectivity index (χ4n) is 5.54. The molecule has 0 atom stereocenters. The molecule has 0 unspecified atom stereocenters. The molecular formula is C24H27NO3. The third-order valence-corrected chi connectivity index (χ3v) is 7.45. The Bertz CT molecular complexity index is 836. The second-order valence-corrected chi connectivity index (χ2v) is 8.89. The summed E-state index contributed by atoms with van der Waals surface area (Å²) >= 11 is 0. The zero-order chi connectivity index (χ0) is 19.2. The highest BCUT2D eigenvalue weighted by Crippen LogP contribution is 2.52. The number of hydrogen-bond donors (Lipinski definition) is 2. The van der Waals surface area contributed by atoms with Gasteiger partial charge >= 0.3 is 6.09 Å². The minimum Gasteiger partial charge on any atom is -0.449 e. The molecule has 2 aromatic carbocycles. The Labute approximate surface area is 165 Å². The van der Waals surface area contributed by atoms with Crippen molar-refractivity contribution in [3.63, 3.8) is 0 Å². The van der Waals surface area contributed by atoms with Crippen LogP contribution in [0.3, 0.4) is 0 Å². The van der Waals surface area contributed by atoms with Gasteiger partial charge < -0.3 is 15.2 Å². The van der Waals surface area contributed by atoms with Crippen LogP contribution in [0.2, 0.25) is 0 Å². The van der Waals surface area contributed by atoms with Gasteiger partial charge in [-0.3, -0.25) is 0 Å². The Balaban J connectivity index is 1.27. The summed E-state index contributed by atoms with van der Waals surface area (Å²) in [5.74, 6) is 0.0930. The van der Waals surface area contributed by atoms with Crippen LogP contribution in [0.15, 0.2) is 48.5 Å². The van der Waals surface area contributed by atoms with Gasteiger partial charge in [-0.2, -0.15) is 0 Å². The van der Waals surface area contributed by atoms with E-state index in [-0.39, 0.29) is 29.6 Å². The van der Waals surface area contributed by atoms with E-state index in [1.54, 1.807) is 0 Å². The number of nitrogens with one attached hydrogen (secondary N) is 1. The molecule has 146 valence electrons. The SMILES string of the molecule is O=C(NC12CCC(CO)(CC1)CC2)OCC1c2ccccc2-c2ccccc21. The Morgan fingerprint density at radius 2 is 1.46 bits per heavy atom. The van der Waals surface area contributed by atoms with Crippen LogP contribution in [-0.2, 0) is 4.74 Å². The Morgan fingerprint density at radius 1 is 0.929 bits per heavy atom. The molecule has 0 heterocycles. The minimum absolute atomic E-state index is 0.0930. The molecule has 0 aliphatic heterocycles. The number of aliphatic hydroxyl groups excluding tert-OH is 1. The third kappa shape index (κ3) is 2.82. The second-order valence-electron chi connectivity index (χ2n) is 8.89. The maximum absolute atomic E-state index is 12.6. The summed E-state index contributed by atoms with van der Waals surface area (Å²) < 4.78 is 5.74. The molecule has 3 saturated carbocycles. The molecule has 4 aliphatic rings. The summed E-state index contributed by atoms with van der Waals surface area (Å²) in [5.41, 5.74) is 4.91. The molecule has 2 bridgehead atoms. The monoisotopic (exact) mass is 377 g/mol. The van der Waals surface area contributed by atoms with Crippen molar-refractivity contribution < 1.29 is 14.6 Å². The van der Waals surface area contributed by atoms with E-state index >= 15 is 0 Å². The van der Waals surface area contributed by atoms with E-state index in [1.165, 1.54) is 22.3 Å². The van der Waals surface area contributed by atoms with Crippen LogP contribution in [0, 0.1) is 5.41 Å². The molecule has 0 spiro atoms. The number of aliphatic hydroxyl groups is 1. The van der Waals surface area contributed by atoms with Crippen molar-refractivity contribution in [1.29, 1.82) is 0 Å². The zero-order valence-electron chi connectivity index (χ0n) is 16.1. The lowest BCUT2D eigenvalue weighted by Crippen LogP contribution is -2.57. The van der Waals surface area contributed by atoms with Crippen LogP contribution in [0.1, 0.15) is 55.6 Å². The molecule has 3 fully saturated rings. The number of carbonyl (C=O) groups excluding carboxylic acids is 1. The molecule has 0 aromatic heterocycles. The van der Waals surface area contributed by atoms with E-state index in [9.17, 15) is 9.90 Å². The number of alkyl carbamates (subject to hydrolysis) is 1. The first-order chi connectivity index (χ1) is 13.6. The molecule has 2 aromatic rings. The van der Waals surface area contributed by atoms with Gasteiger partial charge in [0.15, 0.2) is 0 Å². The standard InChI is InChI=1S/C24H27NO3/c26-16-23-9-12-24(13-10-23,14-11-23)25-22(27)28-15-21-19-7-3-1-5-17(19)18-6-2-4-8-20(18)21/h1-8,21,26H,9-16H2,(H,25,27). The number of fused-ring (bicyclic) bond motifs is 6. The second kappa shape index (κ2) is 6.63. The molecule has 28 heavy (non-hydrogen) atoms. The van der Waals surface area contributed by atoms with E-state index in [1.807, 2.05) is 12.1 Å². The Hall–Kier alpha value is -2.33. The highest BCUT2D eigenvalue weighted by atomic mass is 16.5. The first kappa shape index (κ1) is 17.7. The van der Waals surface area contributed by atoms with E-state index < -0.39 is 0 Å². The van der Waals surface area contributed by atoms with Crippen LogP contribution in [0.4, 0.5) is 4.79 Å². The molecule has 4 nitrogen and oxygen atoms in total. The Kier molecular flexibility index (Phi) is 4.20. The van der Waals surface area contributed by atoms with Gasteiger partial charge in [-0.05, 0) is 66.2 Å². The first-order valence-electron chi connectivity index (χ1n) is 10.4. The summed E-state index contributed by atoms with van der Waals surface area (Å²) in [6.07, 6.45) is 5.50. The Morgan fingerprint density at radius 3 is 2.00 bits per heavy atom. The summed E-state index contributed by atoms with van der Waals surface area (Å²) in [6.45, 7) is 0.630. The number of hydrogen-bond acceptors (Lipinski definition) is 3. The fourth-order valence-corrected chi connectivity index (χ4v) is 5.54. The summed E-state index contributed by atoms with van der Waals surface area (Å²) in [6, 6.07) is 16.8. The summed E-state index contributed by atoms with van der Waals surface area (Å²) in [5, 5.41) is 12.9. The highest BCUT2D eigenvalue weighted by molar-refractivity contribution is 5.79. The topological polar surface area (TPSA) is 58.6 Å². The van der Waals surface area contributed by atoms with Gasteiger partial charge in [-0.1, -0.05) is 48.5 Å². The van der Waals surface area contributed by atoms with Gasteiger partial charge in [0.25, 0.3) is 0 Å². The lowest BCUT2D eigenvalue weighted by Gasteiger charge is -2.52. The third-order valence-electron chi connectivity index (χ3n) is 7.45. The number of ether oxygens (including phenoxy) is 1. The first-order valence-corrected chi connectivity index (χ1v) is 10.4. The zero-order valence-corrected chi connectivity index (χ0v) is 16.1. The quantitative estimate of drug-likeness (QED) is 0.818. The number of amides is 1. The van der Waals surface area contributed by atoms with Crippen molar-refractivity contribution in [3.05, 3.63) is 59.7 Å². The fraction of sp³-hybridized carbons (Fsp3) is 0.458. The normalized spacial score (nSPS) is 27.9. The van der Waals surface area contributed by atoms with E-state index in [2.05, 4.69) is 41.7 Å². The molecule has 4 aliphatic carbocycles. The van der Waals surface area contributed by atoms with Gasteiger partial charge in [0.2, 0.25) is 0 Å². The van der Waals surface area contributed by atoms with Crippen molar-refractivity contribution in [2.24, 2.45) is 5.41 Å². The average Bonchev–Trinajstić information content (AvgIpc) is 3.07. The summed E-state index contributed by atoms with van der Waals surface area (Å²) in [4.78, 5) is 12.6. The van der Waals surface area contributed by atoms with Crippen LogP contribution in [0.5, 0.6) is 0 Å². The predicted molar refractivity (Wildman–Crippen MR) is 108 cm³/mol. The van der Waals surface area contributed by atoms with Crippen molar-refractivity contribution in [3.8, 4) is 11.1 Å². The molecule has 0 radical (unpaired) electrons. The van der Waals surface area contributed by atoms with Gasteiger partial charge in [0.05, 0.1) is 0 Å². The molecular weight excluding hydrogens is 350 g/mol. The van der Waals surface area contributed by atoms with Gasteiger partial charge in [-0.25, -0.2) is 4.79 Å². The van der Waals surface area contributed by atoms with Crippen LogP contribution < -0.4 is 5.32 Å². The average molecular weight is 377 g/mol. The van der Waals surface area contributed by atoms with Gasteiger partial charge in [0.1, 0.15) is 6.61 Å². The highest BCUT2D eigenvalue weighted by Gasteiger charge is 2.49. The van der Waals surface area contributed by atoms with Crippen molar-refractivity contribution in [2.75, 3.05) is 13.2 Å². The van der Waals surface area contributed by atoms with Gasteiger partial charge in [-0.15, -0.1) is 0 Å². The summed E-state index contributed by atoms with van der Waals surface area (Å²) in [7, 11) is 0. The van der Waals surface area contributed by atoms with Crippen LogP contribution >= 0.6 is 0 Å². The lowest BCUT2D eigenvalue weighted by molar-refractivity contribution is -0.0170. The van der Waals surface area contributed by atoms with E-state index in [0.29, 0.717) is 6.61 Å². The minimum atomic E-state index is -0.305. The van der Waals surface area contributed by atoms with E-state index in [0.717, 1.165) is 38.5 Å². The molecule has 6 rings (SSSR count). The van der Waals surface area contributed by atoms with Crippen molar-refractivity contribution in [2.45, 2.75) is 50.0 Å². The lowest BCUT2D eigenvalue weighted by atomic mass is 9.57. The van der Waals surface area contributed by atoms with Crippen LogP contribution in [0.25, 0.3) is 11.1 Å². The predicted octanol–water partition coefficient (Wildman–Crippen LogP) is 4.61. The molecule has 2 N–H and O–H groups in total. The maximum Gasteiger partial charge on any atom is 0.407 e. The van der Waals surface area contributed by atoms with Crippen molar-refractivity contribution >= 4 is 6.09 Å². The van der Waals surface area contributed by atoms with Gasteiger partial charge in [0, 0.05) is 18.1 Å². The molecule has 1 amide bonds. The number of carbonyl (C=O) groups is 1. The number of rotatable bonds is 4. The van der Waals surface area contributed by atoms with Crippen molar-refractivity contribution in [1.82, 2.24) is 5.32 Å². The maximum atomic E-state index is 12.6. The smallest absolute Gasteiger partial charge is 0.407 e. The molecule has 0 saturated heterocycles.